The fraction of sp³-hybridized carbons (Fsp3) is 0.350. The van der Waals surface area contributed by atoms with Crippen molar-refractivity contribution in [2.75, 3.05) is 17.1 Å². The van der Waals surface area contributed by atoms with Crippen molar-refractivity contribution in [1.29, 1.82) is 0 Å². The zero-order valence-corrected chi connectivity index (χ0v) is 17.2. The number of carbonyl (C=O) groups is 1. The van der Waals surface area contributed by atoms with Gasteiger partial charge in [-0.15, -0.1) is 0 Å². The molecule has 0 aliphatic rings. The Hall–Kier alpha value is -2.62. The van der Waals surface area contributed by atoms with Gasteiger partial charge in [0.1, 0.15) is 11.9 Å². The lowest BCUT2D eigenvalue weighted by Gasteiger charge is -2.28. The minimum atomic E-state index is -4.65. The van der Waals surface area contributed by atoms with E-state index < -0.39 is 33.7 Å². The Morgan fingerprint density at radius 1 is 1.13 bits per heavy atom. The maximum absolute atomic E-state index is 13.0. The number of rotatable bonds is 8. The first kappa shape index (κ1) is 23.7. The molecule has 0 spiro atoms. The highest BCUT2D eigenvalue weighted by Crippen LogP contribution is 2.32. The summed E-state index contributed by atoms with van der Waals surface area (Å²) < 4.78 is 77.0. The summed E-state index contributed by atoms with van der Waals surface area (Å²) >= 11 is 0. The highest BCUT2D eigenvalue weighted by Gasteiger charge is 2.33. The molecule has 2 aromatic rings. The van der Waals surface area contributed by atoms with Gasteiger partial charge in [0.2, 0.25) is 15.9 Å². The van der Waals surface area contributed by atoms with E-state index in [0.29, 0.717) is 23.2 Å². The average molecular weight is 446 g/mol. The van der Waals surface area contributed by atoms with Gasteiger partial charge in [0.05, 0.1) is 17.5 Å². The summed E-state index contributed by atoms with van der Waals surface area (Å²) in [6, 6.07) is 8.46. The lowest BCUT2D eigenvalue weighted by molar-refractivity contribution is -0.137. The molecule has 0 fully saturated rings. The predicted molar refractivity (Wildman–Crippen MR) is 106 cm³/mol. The van der Waals surface area contributed by atoms with Gasteiger partial charge in [-0.3, -0.25) is 9.10 Å². The van der Waals surface area contributed by atoms with Crippen LogP contribution in [0.2, 0.25) is 0 Å². The van der Waals surface area contributed by atoms with Crippen LogP contribution in [0.15, 0.2) is 48.5 Å². The first-order chi connectivity index (χ1) is 13.9. The van der Waals surface area contributed by atoms with E-state index in [0.717, 1.165) is 24.0 Å². The van der Waals surface area contributed by atoms with Crippen LogP contribution in [0.5, 0.6) is 0 Å². The number of sulfonamides is 1. The fourth-order valence-electron chi connectivity index (χ4n) is 2.93. The van der Waals surface area contributed by atoms with Crippen LogP contribution in [0.25, 0.3) is 0 Å². The summed E-state index contributed by atoms with van der Waals surface area (Å²) in [6.45, 7) is 1.53. The van der Waals surface area contributed by atoms with E-state index in [-0.39, 0.29) is 18.0 Å². The lowest BCUT2D eigenvalue weighted by atomic mass is 10.1. The molecular formula is C20H22F4N2O3S. The number of halogens is 4. The van der Waals surface area contributed by atoms with E-state index in [1.165, 1.54) is 25.1 Å². The number of nitrogens with one attached hydrogen (secondary N) is 1. The molecule has 5 nitrogen and oxygen atoms in total. The second-order valence-corrected chi connectivity index (χ2v) is 8.66. The highest BCUT2D eigenvalue weighted by molar-refractivity contribution is 7.92. The van der Waals surface area contributed by atoms with Crippen molar-refractivity contribution in [2.24, 2.45) is 0 Å². The number of hydrogen-bond donors (Lipinski definition) is 1. The molecule has 0 aliphatic carbocycles. The zero-order chi connectivity index (χ0) is 22.5. The average Bonchev–Trinajstić information content (AvgIpc) is 2.65. The molecule has 10 heteroatoms. The topological polar surface area (TPSA) is 66.5 Å². The summed E-state index contributed by atoms with van der Waals surface area (Å²) in [5.74, 6) is -0.992. The van der Waals surface area contributed by atoms with Crippen LogP contribution in [0.4, 0.5) is 23.2 Å². The summed E-state index contributed by atoms with van der Waals surface area (Å²) in [6.07, 6.45) is -2.73. The van der Waals surface area contributed by atoms with Crippen LogP contribution in [-0.4, -0.2) is 33.2 Å². The van der Waals surface area contributed by atoms with Gasteiger partial charge in [0.25, 0.3) is 0 Å². The molecule has 164 valence electrons. The number of anilines is 1. The molecule has 0 radical (unpaired) electrons. The second-order valence-electron chi connectivity index (χ2n) is 6.80. The molecule has 0 aliphatic heterocycles. The maximum atomic E-state index is 13.0. The Morgan fingerprint density at radius 3 is 2.33 bits per heavy atom. The van der Waals surface area contributed by atoms with E-state index in [2.05, 4.69) is 5.32 Å². The third-order valence-corrected chi connectivity index (χ3v) is 5.61. The minimum absolute atomic E-state index is 0.223. The third-order valence-electron chi connectivity index (χ3n) is 4.37. The maximum Gasteiger partial charge on any atom is 0.416 e. The van der Waals surface area contributed by atoms with Crippen LogP contribution >= 0.6 is 0 Å². The second kappa shape index (κ2) is 9.46. The van der Waals surface area contributed by atoms with Crippen molar-refractivity contribution in [3.8, 4) is 0 Å². The first-order valence-electron chi connectivity index (χ1n) is 9.08. The molecular weight excluding hydrogens is 424 g/mol. The molecule has 0 unspecified atom stereocenters. The molecule has 2 rings (SSSR count). The highest BCUT2D eigenvalue weighted by atomic mass is 32.2. The van der Waals surface area contributed by atoms with Gasteiger partial charge in [-0.2, -0.15) is 13.2 Å². The molecule has 1 N–H and O–H groups in total. The van der Waals surface area contributed by atoms with E-state index >= 15 is 0 Å². The molecule has 0 saturated heterocycles. The normalized spacial score (nSPS) is 13.0. The van der Waals surface area contributed by atoms with E-state index in [1.807, 2.05) is 0 Å². The first-order valence-corrected chi connectivity index (χ1v) is 10.9. The number of aryl methyl sites for hydroxylation is 1. The van der Waals surface area contributed by atoms with Crippen LogP contribution in [0, 0.1) is 5.82 Å². The van der Waals surface area contributed by atoms with Crippen molar-refractivity contribution >= 4 is 21.6 Å². The van der Waals surface area contributed by atoms with E-state index in [1.54, 1.807) is 12.1 Å². The van der Waals surface area contributed by atoms with Gasteiger partial charge in [-0.1, -0.05) is 18.2 Å². The van der Waals surface area contributed by atoms with Gasteiger partial charge >= 0.3 is 6.18 Å². The van der Waals surface area contributed by atoms with Crippen molar-refractivity contribution < 1.29 is 30.8 Å². The number of nitrogens with zero attached hydrogens (tertiary/aromatic N) is 1. The quantitative estimate of drug-likeness (QED) is 0.496. The Labute approximate surface area is 172 Å². The van der Waals surface area contributed by atoms with Crippen molar-refractivity contribution in [3.63, 3.8) is 0 Å². The molecule has 30 heavy (non-hydrogen) atoms. The van der Waals surface area contributed by atoms with E-state index in [9.17, 15) is 30.8 Å². The Balaban J connectivity index is 2.07. The molecule has 1 atom stereocenters. The van der Waals surface area contributed by atoms with Crippen molar-refractivity contribution in [1.82, 2.24) is 5.32 Å². The van der Waals surface area contributed by atoms with E-state index in [4.69, 9.17) is 0 Å². The van der Waals surface area contributed by atoms with Gasteiger partial charge in [0.15, 0.2) is 0 Å². The summed E-state index contributed by atoms with van der Waals surface area (Å²) in [5.41, 5.74) is -0.387. The van der Waals surface area contributed by atoms with Gasteiger partial charge in [-0.25, -0.2) is 12.8 Å². The number of hydrogen-bond acceptors (Lipinski definition) is 3. The minimum Gasteiger partial charge on any atom is -0.354 e. The molecule has 1 amide bonds. The van der Waals surface area contributed by atoms with Gasteiger partial charge in [0, 0.05) is 6.54 Å². The summed E-state index contributed by atoms with van der Waals surface area (Å²) in [4.78, 5) is 12.5. The lowest BCUT2D eigenvalue weighted by Crippen LogP contribution is -2.48. The molecule has 0 bridgehead atoms. The number of amides is 1. The predicted octanol–water partition coefficient (Wildman–Crippen LogP) is 3.75. The van der Waals surface area contributed by atoms with Crippen LogP contribution in [0.3, 0.4) is 0 Å². The van der Waals surface area contributed by atoms with Crippen molar-refractivity contribution in [3.05, 3.63) is 65.5 Å². The molecule has 0 aromatic heterocycles. The fourth-order valence-corrected chi connectivity index (χ4v) is 4.10. The Morgan fingerprint density at radius 2 is 1.77 bits per heavy atom. The van der Waals surface area contributed by atoms with Crippen molar-refractivity contribution in [2.45, 2.75) is 32.0 Å². The Bertz CT molecular complexity index is 976. The summed E-state index contributed by atoms with van der Waals surface area (Å²) in [5, 5.41) is 2.59. The zero-order valence-electron chi connectivity index (χ0n) is 16.4. The van der Waals surface area contributed by atoms with Gasteiger partial charge in [-0.05, 0) is 55.7 Å². The molecule has 0 heterocycles. The monoisotopic (exact) mass is 446 g/mol. The standard InChI is InChI=1S/C20H22F4N2O3S/c1-14(19(27)25-12-4-5-15-8-10-17(21)11-9-15)26(30(2,28)29)18-7-3-6-16(13-18)20(22,23)24/h3,6-11,13-14H,4-5,12H2,1-2H3,(H,25,27)/t14-/m1/s1. The van der Waals surface area contributed by atoms with Crippen LogP contribution in [0.1, 0.15) is 24.5 Å². The molecule has 0 saturated carbocycles. The van der Waals surface area contributed by atoms with Crippen LogP contribution < -0.4 is 9.62 Å². The number of alkyl halides is 3. The number of carbonyl (C=O) groups excluding carboxylic acids is 1. The third kappa shape index (κ3) is 6.45. The van der Waals surface area contributed by atoms with Gasteiger partial charge < -0.3 is 5.32 Å². The number of benzene rings is 2. The Kier molecular flexibility index (Phi) is 7.46. The van der Waals surface area contributed by atoms with Crippen LogP contribution in [-0.2, 0) is 27.4 Å². The summed E-state index contributed by atoms with van der Waals surface area (Å²) in [7, 11) is -4.03. The largest absolute Gasteiger partial charge is 0.416 e. The molecule has 2 aromatic carbocycles. The SMILES string of the molecule is C[C@H](C(=O)NCCCc1ccc(F)cc1)N(c1cccc(C(F)(F)F)c1)S(C)(=O)=O. The smallest absolute Gasteiger partial charge is 0.354 e.